The number of rotatable bonds is 6. The van der Waals surface area contributed by atoms with Crippen molar-refractivity contribution in [2.24, 2.45) is 0 Å². The summed E-state index contributed by atoms with van der Waals surface area (Å²) in [6, 6.07) is 25.9. The van der Waals surface area contributed by atoms with Gasteiger partial charge in [-0.25, -0.2) is 0 Å². The summed E-state index contributed by atoms with van der Waals surface area (Å²) in [5.74, 6) is 0.343. The van der Waals surface area contributed by atoms with Crippen molar-refractivity contribution < 1.29 is 9.53 Å². The molecule has 0 saturated heterocycles. The summed E-state index contributed by atoms with van der Waals surface area (Å²) in [7, 11) is 0. The van der Waals surface area contributed by atoms with Crippen LogP contribution in [0.4, 0.5) is 0 Å². The lowest BCUT2D eigenvalue weighted by atomic mass is 9.98. The van der Waals surface area contributed by atoms with Gasteiger partial charge in [0.15, 0.2) is 0 Å². The van der Waals surface area contributed by atoms with Gasteiger partial charge in [-0.05, 0) is 47.7 Å². The second kappa shape index (κ2) is 8.66. The van der Waals surface area contributed by atoms with E-state index in [1.165, 1.54) is 0 Å². The molecule has 4 aromatic rings. The molecule has 5 heteroatoms. The molecule has 0 fully saturated rings. The summed E-state index contributed by atoms with van der Waals surface area (Å²) >= 11 is 0. The van der Waals surface area contributed by atoms with Gasteiger partial charge in [-0.2, -0.15) is 0 Å². The maximum absolute atomic E-state index is 13.1. The first-order chi connectivity index (χ1) is 14.7. The van der Waals surface area contributed by atoms with E-state index in [1.54, 1.807) is 6.07 Å². The Bertz CT molecular complexity index is 1210. The van der Waals surface area contributed by atoms with E-state index in [1.807, 2.05) is 85.8 Å². The Morgan fingerprint density at radius 1 is 0.933 bits per heavy atom. The highest BCUT2D eigenvalue weighted by Gasteiger charge is 2.20. The Hall–Kier alpha value is -3.86. The molecule has 0 saturated carbocycles. The molecule has 2 N–H and O–H groups in total. The first-order valence-corrected chi connectivity index (χ1v) is 9.86. The lowest BCUT2D eigenvalue weighted by Crippen LogP contribution is -2.33. The number of para-hydroxylation sites is 1. The number of nitrogens with one attached hydrogen (secondary N) is 2. The van der Waals surface area contributed by atoms with Crippen molar-refractivity contribution in [1.29, 1.82) is 0 Å². The molecule has 0 aliphatic rings. The molecule has 0 spiro atoms. The highest BCUT2D eigenvalue weighted by molar-refractivity contribution is 5.97. The molecule has 1 heterocycles. The second-order valence-corrected chi connectivity index (χ2v) is 6.92. The third kappa shape index (κ3) is 4.10. The predicted molar refractivity (Wildman–Crippen MR) is 118 cm³/mol. The number of fused-ring (bicyclic) bond motifs is 1. The molecule has 1 atom stereocenters. The van der Waals surface area contributed by atoms with Crippen LogP contribution in [-0.4, -0.2) is 17.5 Å². The zero-order valence-electron chi connectivity index (χ0n) is 16.6. The van der Waals surface area contributed by atoms with Crippen LogP contribution in [0.3, 0.4) is 0 Å². The van der Waals surface area contributed by atoms with Gasteiger partial charge >= 0.3 is 0 Å². The van der Waals surface area contributed by atoms with E-state index in [4.69, 9.17) is 4.74 Å². The summed E-state index contributed by atoms with van der Waals surface area (Å²) in [6.45, 7) is 2.52. The molecule has 0 bridgehead atoms. The number of ether oxygens (including phenoxy) is 1. The van der Waals surface area contributed by atoms with E-state index in [-0.39, 0.29) is 5.56 Å². The van der Waals surface area contributed by atoms with Crippen molar-refractivity contribution in [2.45, 2.75) is 13.0 Å². The molecule has 3 aromatic carbocycles. The minimum absolute atomic E-state index is 0.0839. The molecule has 0 radical (unpaired) electrons. The maximum atomic E-state index is 13.1. The van der Waals surface area contributed by atoms with Gasteiger partial charge in [0.1, 0.15) is 11.3 Å². The lowest BCUT2D eigenvalue weighted by molar-refractivity contribution is 0.0941. The highest BCUT2D eigenvalue weighted by atomic mass is 16.5. The standard InChI is InChI=1S/C25H22N2O3/c1-2-30-20-14-12-18(13-15-20)23(17-8-4-3-5-9-17)27-25(29)21-16-19-10-6-7-11-22(19)26-24(21)28/h3-16,23H,2H2,1H3,(H,26,28)(H,27,29)/t23-/m0/s1. The van der Waals surface area contributed by atoms with Crippen LogP contribution >= 0.6 is 0 Å². The number of pyridine rings is 1. The molecule has 0 unspecified atom stereocenters. The fraction of sp³-hybridized carbons (Fsp3) is 0.120. The summed E-state index contributed by atoms with van der Waals surface area (Å²) in [5.41, 5.74) is 2.19. The minimum atomic E-state index is -0.426. The van der Waals surface area contributed by atoms with Crippen molar-refractivity contribution >= 4 is 16.8 Å². The van der Waals surface area contributed by atoms with Crippen molar-refractivity contribution in [2.75, 3.05) is 6.61 Å². The van der Waals surface area contributed by atoms with Gasteiger partial charge < -0.3 is 15.0 Å². The number of hydrogen-bond acceptors (Lipinski definition) is 3. The summed E-state index contributed by atoms with van der Waals surface area (Å²) in [5, 5.41) is 3.83. The summed E-state index contributed by atoms with van der Waals surface area (Å²) in [6.07, 6.45) is 0. The van der Waals surface area contributed by atoms with Crippen LogP contribution in [0, 0.1) is 0 Å². The van der Waals surface area contributed by atoms with E-state index in [2.05, 4.69) is 10.3 Å². The van der Waals surface area contributed by atoms with Gasteiger partial charge in [0.05, 0.1) is 12.6 Å². The van der Waals surface area contributed by atoms with E-state index >= 15 is 0 Å². The predicted octanol–water partition coefficient (Wildman–Crippen LogP) is 4.45. The lowest BCUT2D eigenvalue weighted by Gasteiger charge is -2.20. The minimum Gasteiger partial charge on any atom is -0.494 e. The van der Waals surface area contributed by atoms with Gasteiger partial charge in [-0.15, -0.1) is 0 Å². The number of amides is 1. The van der Waals surface area contributed by atoms with Crippen LogP contribution in [0.1, 0.15) is 34.5 Å². The molecule has 0 aliphatic carbocycles. The quantitative estimate of drug-likeness (QED) is 0.504. The van der Waals surface area contributed by atoms with Gasteiger partial charge in [-0.1, -0.05) is 60.7 Å². The van der Waals surface area contributed by atoms with Gasteiger partial charge in [0, 0.05) is 5.52 Å². The molecule has 1 aromatic heterocycles. The summed E-state index contributed by atoms with van der Waals surface area (Å²) in [4.78, 5) is 28.4. The van der Waals surface area contributed by atoms with Crippen LogP contribution in [0.5, 0.6) is 5.75 Å². The van der Waals surface area contributed by atoms with Crippen molar-refractivity contribution in [3.05, 3.63) is 112 Å². The van der Waals surface area contributed by atoms with Crippen LogP contribution in [-0.2, 0) is 0 Å². The van der Waals surface area contributed by atoms with Gasteiger partial charge in [-0.3, -0.25) is 9.59 Å². The van der Waals surface area contributed by atoms with E-state index in [9.17, 15) is 9.59 Å². The third-order valence-electron chi connectivity index (χ3n) is 4.93. The topological polar surface area (TPSA) is 71.2 Å². The Morgan fingerprint density at radius 3 is 2.33 bits per heavy atom. The largest absolute Gasteiger partial charge is 0.494 e. The number of hydrogen-bond donors (Lipinski definition) is 2. The number of aromatic amines is 1. The molecule has 1 amide bonds. The zero-order valence-corrected chi connectivity index (χ0v) is 16.6. The number of carbonyl (C=O) groups excluding carboxylic acids is 1. The average Bonchev–Trinajstić information content (AvgIpc) is 2.78. The van der Waals surface area contributed by atoms with Crippen LogP contribution in [0.25, 0.3) is 10.9 Å². The number of H-pyrrole nitrogens is 1. The van der Waals surface area contributed by atoms with Crippen molar-refractivity contribution in [3.8, 4) is 5.75 Å². The Kier molecular flexibility index (Phi) is 5.61. The number of carbonyl (C=O) groups is 1. The first-order valence-electron chi connectivity index (χ1n) is 9.86. The molecule has 4 rings (SSSR count). The third-order valence-corrected chi connectivity index (χ3v) is 4.93. The van der Waals surface area contributed by atoms with Crippen molar-refractivity contribution in [3.63, 3.8) is 0 Å². The smallest absolute Gasteiger partial charge is 0.261 e. The van der Waals surface area contributed by atoms with Crippen LogP contribution < -0.4 is 15.6 Å². The fourth-order valence-electron chi connectivity index (χ4n) is 3.45. The van der Waals surface area contributed by atoms with E-state index in [0.29, 0.717) is 12.1 Å². The normalized spacial score (nSPS) is 11.8. The molecule has 5 nitrogen and oxygen atoms in total. The summed E-state index contributed by atoms with van der Waals surface area (Å²) < 4.78 is 5.52. The molecular formula is C25H22N2O3. The molecule has 30 heavy (non-hydrogen) atoms. The highest BCUT2D eigenvalue weighted by Crippen LogP contribution is 2.25. The van der Waals surface area contributed by atoms with Crippen LogP contribution in [0.2, 0.25) is 0 Å². The van der Waals surface area contributed by atoms with Gasteiger partial charge in [0.25, 0.3) is 11.5 Å². The maximum Gasteiger partial charge on any atom is 0.261 e. The molecular weight excluding hydrogens is 376 g/mol. The average molecular weight is 398 g/mol. The Labute approximate surface area is 174 Å². The first kappa shape index (κ1) is 19.5. The van der Waals surface area contributed by atoms with Crippen molar-refractivity contribution in [1.82, 2.24) is 10.3 Å². The van der Waals surface area contributed by atoms with E-state index < -0.39 is 17.5 Å². The Morgan fingerprint density at radius 2 is 1.60 bits per heavy atom. The fourth-order valence-corrected chi connectivity index (χ4v) is 3.45. The Balaban J connectivity index is 1.69. The zero-order chi connectivity index (χ0) is 20.9. The second-order valence-electron chi connectivity index (χ2n) is 6.92. The molecule has 150 valence electrons. The van der Waals surface area contributed by atoms with Gasteiger partial charge in [0.2, 0.25) is 0 Å². The SMILES string of the molecule is CCOc1ccc([C@@H](NC(=O)c2cc3ccccc3[nH]c2=O)c2ccccc2)cc1. The number of aromatic nitrogens is 1. The van der Waals surface area contributed by atoms with Crippen LogP contribution in [0.15, 0.2) is 89.7 Å². The molecule has 0 aliphatic heterocycles. The monoisotopic (exact) mass is 398 g/mol. The number of benzene rings is 3. The van der Waals surface area contributed by atoms with E-state index in [0.717, 1.165) is 22.3 Å².